The van der Waals surface area contributed by atoms with Crippen molar-refractivity contribution < 1.29 is 32.7 Å². The SMILES string of the molecule is COC(=O)c1c(C)c(P2(=O)OCC(C)(C)CO2)c2ccc(C)cc2c1C(=O)OC. The van der Waals surface area contributed by atoms with E-state index in [-0.39, 0.29) is 35.1 Å². The minimum Gasteiger partial charge on any atom is -0.465 e. The average molecular weight is 420 g/mol. The third-order valence-electron chi connectivity index (χ3n) is 4.98. The van der Waals surface area contributed by atoms with Gasteiger partial charge >= 0.3 is 19.5 Å². The molecular weight excluding hydrogens is 395 g/mol. The molecule has 2 aromatic carbocycles. The molecule has 0 aliphatic carbocycles. The number of methoxy groups -OCH3 is 2. The van der Waals surface area contributed by atoms with Gasteiger partial charge in [-0.2, -0.15) is 0 Å². The fourth-order valence-electron chi connectivity index (χ4n) is 3.47. The van der Waals surface area contributed by atoms with Crippen molar-refractivity contribution in [3.05, 3.63) is 40.5 Å². The standard InChI is InChI=1S/C21H25O7P/c1-12-7-8-14-15(9-12)17(20(23)26-6)16(19(22)25-5)13(2)18(14)29(24)27-10-21(3,4)11-28-29/h7-9H,10-11H2,1-6H3. The molecule has 29 heavy (non-hydrogen) atoms. The van der Waals surface area contributed by atoms with Crippen molar-refractivity contribution in [1.82, 2.24) is 0 Å². The summed E-state index contributed by atoms with van der Waals surface area (Å²) in [4.78, 5) is 25.3. The molecule has 0 spiro atoms. The number of esters is 2. The van der Waals surface area contributed by atoms with Crippen molar-refractivity contribution in [3.63, 3.8) is 0 Å². The van der Waals surface area contributed by atoms with Gasteiger partial charge in [0.25, 0.3) is 0 Å². The maximum absolute atomic E-state index is 13.7. The van der Waals surface area contributed by atoms with Crippen LogP contribution in [0.1, 0.15) is 45.7 Å². The van der Waals surface area contributed by atoms with Crippen LogP contribution in [0, 0.1) is 19.3 Å². The Morgan fingerprint density at radius 2 is 1.52 bits per heavy atom. The van der Waals surface area contributed by atoms with E-state index in [9.17, 15) is 14.2 Å². The lowest BCUT2D eigenvalue weighted by Gasteiger charge is -2.35. The number of hydrogen-bond donors (Lipinski definition) is 0. The molecular formula is C21H25O7P. The topological polar surface area (TPSA) is 88.1 Å². The van der Waals surface area contributed by atoms with Crippen LogP contribution in [0.4, 0.5) is 0 Å². The molecule has 0 amide bonds. The summed E-state index contributed by atoms with van der Waals surface area (Å²) in [6.45, 7) is 7.85. The molecule has 2 aromatic rings. The van der Waals surface area contributed by atoms with Crippen molar-refractivity contribution in [2.45, 2.75) is 27.7 Å². The minimum atomic E-state index is -3.74. The first kappa shape index (κ1) is 21.5. The van der Waals surface area contributed by atoms with Gasteiger partial charge in [0.15, 0.2) is 0 Å². The van der Waals surface area contributed by atoms with Crippen LogP contribution in [0.15, 0.2) is 18.2 Å². The lowest BCUT2D eigenvalue weighted by atomic mass is 9.93. The highest BCUT2D eigenvalue weighted by Gasteiger charge is 2.42. The summed E-state index contributed by atoms with van der Waals surface area (Å²) in [5.41, 5.74) is 0.962. The lowest BCUT2D eigenvalue weighted by molar-refractivity contribution is 0.0463. The van der Waals surface area contributed by atoms with Crippen LogP contribution in [0.5, 0.6) is 0 Å². The summed E-state index contributed by atoms with van der Waals surface area (Å²) >= 11 is 0. The summed E-state index contributed by atoms with van der Waals surface area (Å²) in [5.74, 6) is -1.41. The summed E-state index contributed by atoms with van der Waals surface area (Å²) in [6.07, 6.45) is 0. The van der Waals surface area contributed by atoms with Gasteiger partial charge in [-0.25, -0.2) is 9.59 Å². The fraction of sp³-hybridized carbons (Fsp3) is 0.429. The van der Waals surface area contributed by atoms with Crippen LogP contribution < -0.4 is 5.30 Å². The Bertz CT molecular complexity index is 1040. The smallest absolute Gasteiger partial charge is 0.362 e. The molecule has 0 saturated carbocycles. The number of carbonyl (C=O) groups is 2. The van der Waals surface area contributed by atoms with Gasteiger partial charge in [-0.3, -0.25) is 4.57 Å². The van der Waals surface area contributed by atoms with Gasteiger partial charge in [-0.1, -0.05) is 37.6 Å². The largest absolute Gasteiger partial charge is 0.465 e. The summed E-state index contributed by atoms with van der Waals surface area (Å²) in [7, 11) is -1.27. The molecule has 0 unspecified atom stereocenters. The predicted octanol–water partition coefficient (Wildman–Crippen LogP) is 3.92. The molecule has 0 radical (unpaired) electrons. The van der Waals surface area contributed by atoms with Crippen LogP contribution in [0.2, 0.25) is 0 Å². The first-order valence-corrected chi connectivity index (χ1v) is 10.7. The lowest BCUT2D eigenvalue weighted by Crippen LogP contribution is -2.33. The van der Waals surface area contributed by atoms with Gasteiger partial charge in [0, 0.05) is 5.41 Å². The van der Waals surface area contributed by atoms with Crippen LogP contribution in [-0.2, 0) is 23.1 Å². The highest BCUT2D eigenvalue weighted by Crippen LogP contribution is 2.55. The number of hydrogen-bond acceptors (Lipinski definition) is 7. The van der Waals surface area contributed by atoms with Crippen molar-refractivity contribution in [3.8, 4) is 0 Å². The Labute approximate surface area is 169 Å². The molecule has 3 rings (SSSR count). The number of ether oxygens (including phenoxy) is 2. The third kappa shape index (κ3) is 3.70. The minimum absolute atomic E-state index is 0.000270. The second-order valence-corrected chi connectivity index (χ2v) is 9.92. The molecule has 7 nitrogen and oxygen atoms in total. The van der Waals surface area contributed by atoms with Gasteiger partial charge < -0.3 is 18.5 Å². The number of rotatable bonds is 3. The molecule has 0 atom stereocenters. The number of benzene rings is 2. The normalized spacial score (nSPS) is 17.7. The van der Waals surface area contributed by atoms with E-state index >= 15 is 0 Å². The molecule has 1 fully saturated rings. The van der Waals surface area contributed by atoms with E-state index in [1.54, 1.807) is 19.1 Å². The van der Waals surface area contributed by atoms with Gasteiger partial charge in [0.05, 0.1) is 43.9 Å². The average Bonchev–Trinajstić information content (AvgIpc) is 2.68. The van der Waals surface area contributed by atoms with E-state index < -0.39 is 19.5 Å². The molecule has 1 aliphatic heterocycles. The van der Waals surface area contributed by atoms with E-state index in [1.807, 2.05) is 26.8 Å². The Morgan fingerprint density at radius 1 is 0.966 bits per heavy atom. The van der Waals surface area contributed by atoms with E-state index in [1.165, 1.54) is 14.2 Å². The molecule has 1 saturated heterocycles. The highest BCUT2D eigenvalue weighted by molar-refractivity contribution is 7.63. The van der Waals surface area contributed by atoms with Gasteiger partial charge in [0.1, 0.15) is 0 Å². The van der Waals surface area contributed by atoms with Crippen LogP contribution >= 0.6 is 7.60 Å². The van der Waals surface area contributed by atoms with Crippen LogP contribution in [0.3, 0.4) is 0 Å². The van der Waals surface area contributed by atoms with E-state index in [2.05, 4.69) is 0 Å². The number of fused-ring (bicyclic) bond motifs is 1. The van der Waals surface area contributed by atoms with Gasteiger partial charge in [0.2, 0.25) is 0 Å². The molecule has 1 heterocycles. The Balaban J connectivity index is 2.43. The second-order valence-electron chi connectivity index (χ2n) is 7.96. The second kappa shape index (κ2) is 7.56. The zero-order valence-electron chi connectivity index (χ0n) is 17.5. The Hall–Kier alpha value is -2.21. The number of aryl methyl sites for hydroxylation is 1. The molecule has 8 heteroatoms. The van der Waals surface area contributed by atoms with E-state index in [0.717, 1.165) is 5.56 Å². The molecule has 0 N–H and O–H groups in total. The van der Waals surface area contributed by atoms with E-state index in [0.29, 0.717) is 16.3 Å². The molecule has 156 valence electrons. The van der Waals surface area contributed by atoms with Crippen molar-refractivity contribution in [2.75, 3.05) is 27.4 Å². The maximum Gasteiger partial charge on any atom is 0.362 e. The number of carbonyl (C=O) groups excluding carboxylic acids is 2. The fourth-order valence-corrected chi connectivity index (χ4v) is 5.85. The van der Waals surface area contributed by atoms with Gasteiger partial charge in [-0.05, 0) is 30.2 Å². The predicted molar refractivity (Wildman–Crippen MR) is 109 cm³/mol. The van der Waals surface area contributed by atoms with Crippen molar-refractivity contribution in [2.24, 2.45) is 5.41 Å². The monoisotopic (exact) mass is 420 g/mol. The van der Waals surface area contributed by atoms with E-state index in [4.69, 9.17) is 18.5 Å². The summed E-state index contributed by atoms with van der Waals surface area (Å²) in [6, 6.07) is 5.34. The molecule has 0 bridgehead atoms. The van der Waals surface area contributed by atoms with Crippen molar-refractivity contribution >= 4 is 35.6 Å². The maximum atomic E-state index is 13.7. The molecule has 0 aromatic heterocycles. The van der Waals surface area contributed by atoms with Crippen LogP contribution in [0.25, 0.3) is 10.8 Å². The molecule has 1 aliphatic rings. The third-order valence-corrected chi connectivity index (χ3v) is 7.05. The van der Waals surface area contributed by atoms with Crippen LogP contribution in [-0.4, -0.2) is 39.4 Å². The quantitative estimate of drug-likeness (QED) is 0.549. The Morgan fingerprint density at radius 3 is 2.07 bits per heavy atom. The first-order valence-electron chi connectivity index (χ1n) is 9.18. The summed E-state index contributed by atoms with van der Waals surface area (Å²) < 4.78 is 35.1. The zero-order valence-corrected chi connectivity index (χ0v) is 18.3. The van der Waals surface area contributed by atoms with Gasteiger partial charge in [-0.15, -0.1) is 0 Å². The van der Waals surface area contributed by atoms with Crippen molar-refractivity contribution in [1.29, 1.82) is 0 Å². The summed E-state index contributed by atoms with van der Waals surface area (Å²) in [5, 5.41) is 1.23. The Kier molecular flexibility index (Phi) is 5.60. The highest BCUT2D eigenvalue weighted by atomic mass is 31.2. The zero-order chi connectivity index (χ0) is 21.6. The first-order chi connectivity index (χ1) is 13.5.